The van der Waals surface area contributed by atoms with Crippen molar-refractivity contribution >= 4 is 17.8 Å². The zero-order chi connectivity index (χ0) is 30.9. The lowest BCUT2D eigenvalue weighted by atomic mass is 9.77. The first-order valence-corrected chi connectivity index (χ1v) is 16.2. The van der Waals surface area contributed by atoms with Gasteiger partial charge in [0.1, 0.15) is 6.10 Å². The van der Waals surface area contributed by atoms with Crippen LogP contribution in [0.15, 0.2) is 0 Å². The van der Waals surface area contributed by atoms with Gasteiger partial charge < -0.3 is 24.8 Å². The van der Waals surface area contributed by atoms with Crippen molar-refractivity contribution in [1.82, 2.24) is 10.6 Å². The first kappa shape index (κ1) is 37.4. The average molecular weight is 583 g/mol. The van der Waals surface area contributed by atoms with E-state index in [1.165, 1.54) is 57.8 Å². The van der Waals surface area contributed by atoms with E-state index in [-0.39, 0.29) is 48.7 Å². The fraction of sp³-hybridized carbons (Fsp3) is 0.909. The number of nitrogens with one attached hydrogen (secondary N) is 2. The van der Waals surface area contributed by atoms with Gasteiger partial charge in [0, 0.05) is 24.4 Å². The molecule has 0 aromatic heterocycles. The second-order valence-electron chi connectivity index (χ2n) is 14.0. The Kier molecular flexibility index (Phi) is 17.1. The minimum atomic E-state index is -0.828. The molecule has 0 saturated carbocycles. The molecule has 1 fully saturated rings. The molecule has 0 radical (unpaired) electrons. The van der Waals surface area contributed by atoms with E-state index in [1.807, 2.05) is 13.8 Å². The van der Waals surface area contributed by atoms with E-state index < -0.39 is 17.3 Å². The van der Waals surface area contributed by atoms with E-state index in [4.69, 9.17) is 14.2 Å². The molecule has 41 heavy (non-hydrogen) atoms. The van der Waals surface area contributed by atoms with Gasteiger partial charge in [0.25, 0.3) is 0 Å². The maximum atomic E-state index is 12.9. The zero-order valence-electron chi connectivity index (χ0n) is 27.6. The van der Waals surface area contributed by atoms with Crippen molar-refractivity contribution in [3.05, 3.63) is 0 Å². The van der Waals surface area contributed by atoms with Crippen LogP contribution in [0.5, 0.6) is 0 Å². The van der Waals surface area contributed by atoms with Crippen LogP contribution in [0.1, 0.15) is 139 Å². The van der Waals surface area contributed by atoms with Crippen LogP contribution in [0, 0.1) is 16.7 Å². The molecule has 2 amide bonds. The summed E-state index contributed by atoms with van der Waals surface area (Å²) in [6.07, 6.45) is 13.7. The van der Waals surface area contributed by atoms with Crippen LogP contribution in [0.4, 0.5) is 0 Å². The van der Waals surface area contributed by atoms with Gasteiger partial charge in [-0.25, -0.2) is 0 Å². The third kappa shape index (κ3) is 15.9. The molecule has 1 aliphatic rings. The van der Waals surface area contributed by atoms with Crippen molar-refractivity contribution in [3.63, 3.8) is 0 Å². The number of hydrogen-bond acceptors (Lipinski definition) is 6. The fourth-order valence-corrected chi connectivity index (χ4v) is 5.16. The van der Waals surface area contributed by atoms with Gasteiger partial charge in [-0.2, -0.15) is 0 Å². The fourth-order valence-electron chi connectivity index (χ4n) is 5.16. The summed E-state index contributed by atoms with van der Waals surface area (Å²) < 4.78 is 16.8. The molecule has 0 spiro atoms. The highest BCUT2D eigenvalue weighted by Gasteiger charge is 2.45. The molecule has 0 bridgehead atoms. The summed E-state index contributed by atoms with van der Waals surface area (Å²) in [4.78, 5) is 37.7. The summed E-state index contributed by atoms with van der Waals surface area (Å²) >= 11 is 0. The Morgan fingerprint density at radius 1 is 0.854 bits per heavy atom. The van der Waals surface area contributed by atoms with Gasteiger partial charge in [0.05, 0.1) is 19.6 Å². The molecular formula is C33H62N2O6. The number of rotatable bonds is 20. The molecule has 1 saturated heterocycles. The molecule has 0 aromatic carbocycles. The van der Waals surface area contributed by atoms with Crippen LogP contribution in [-0.4, -0.2) is 56.0 Å². The molecule has 240 valence electrons. The third-order valence-electron chi connectivity index (χ3n) is 7.86. The molecule has 0 aliphatic carbocycles. The van der Waals surface area contributed by atoms with Gasteiger partial charge in [0.2, 0.25) is 11.8 Å². The third-order valence-corrected chi connectivity index (χ3v) is 7.86. The lowest BCUT2D eigenvalue weighted by molar-refractivity contribution is -0.304. The van der Waals surface area contributed by atoms with Gasteiger partial charge in [-0.1, -0.05) is 106 Å². The summed E-state index contributed by atoms with van der Waals surface area (Å²) in [6, 6.07) is 0. The summed E-state index contributed by atoms with van der Waals surface area (Å²) in [5.41, 5.74) is -0.565. The predicted octanol–water partition coefficient (Wildman–Crippen LogP) is 6.69. The van der Waals surface area contributed by atoms with Crippen LogP contribution >= 0.6 is 0 Å². The molecule has 1 rings (SSSR count). The quantitative estimate of drug-likeness (QED) is 0.122. The van der Waals surface area contributed by atoms with Gasteiger partial charge in [0.15, 0.2) is 5.79 Å². The predicted molar refractivity (Wildman–Crippen MR) is 164 cm³/mol. The first-order chi connectivity index (χ1) is 19.2. The maximum absolute atomic E-state index is 12.9. The van der Waals surface area contributed by atoms with Gasteiger partial charge >= 0.3 is 5.97 Å². The first-order valence-electron chi connectivity index (χ1n) is 16.2. The summed E-state index contributed by atoms with van der Waals surface area (Å²) in [6.45, 7) is 17.3. The second kappa shape index (κ2) is 18.8. The van der Waals surface area contributed by atoms with E-state index in [2.05, 4.69) is 38.3 Å². The highest BCUT2D eigenvalue weighted by molar-refractivity contribution is 5.82. The highest BCUT2D eigenvalue weighted by Crippen LogP contribution is 2.35. The van der Waals surface area contributed by atoms with E-state index in [1.54, 1.807) is 13.8 Å². The Balaban J connectivity index is 2.21. The Labute approximate surface area is 250 Å². The van der Waals surface area contributed by atoms with Gasteiger partial charge in [-0.05, 0) is 32.1 Å². The van der Waals surface area contributed by atoms with E-state index in [0.717, 1.165) is 12.8 Å². The Bertz CT molecular complexity index is 774. The van der Waals surface area contributed by atoms with Crippen molar-refractivity contribution in [2.24, 2.45) is 16.7 Å². The molecule has 2 unspecified atom stereocenters. The lowest BCUT2D eigenvalue weighted by Gasteiger charge is -2.44. The SMILES string of the molecule is CCCCCCCCCCCCC(C(=O)NCCCOC(=O)CCNC(=O)C1OC(C)(C)OCC1(C)C)C(C)(C)C. The molecule has 0 aromatic rings. The monoisotopic (exact) mass is 582 g/mol. The van der Waals surface area contributed by atoms with Crippen molar-refractivity contribution in [1.29, 1.82) is 0 Å². The smallest absolute Gasteiger partial charge is 0.307 e. The Hall–Kier alpha value is -1.67. The lowest BCUT2D eigenvalue weighted by Crippen LogP contribution is -2.56. The number of hydrogen-bond donors (Lipinski definition) is 2. The molecular weight excluding hydrogens is 520 g/mol. The van der Waals surface area contributed by atoms with E-state index in [9.17, 15) is 14.4 Å². The maximum Gasteiger partial charge on any atom is 0.307 e. The summed E-state index contributed by atoms with van der Waals surface area (Å²) in [7, 11) is 0. The summed E-state index contributed by atoms with van der Waals surface area (Å²) in [5, 5.41) is 5.83. The van der Waals surface area contributed by atoms with Crippen molar-refractivity contribution in [2.75, 3.05) is 26.3 Å². The minimum absolute atomic E-state index is 0.0297. The molecule has 8 heteroatoms. The Morgan fingerprint density at radius 2 is 1.44 bits per heavy atom. The topological polar surface area (TPSA) is 103 Å². The normalized spacial score (nSPS) is 18.9. The number of carbonyl (C=O) groups excluding carboxylic acids is 3. The van der Waals surface area contributed by atoms with E-state index in [0.29, 0.717) is 19.6 Å². The number of unbranched alkanes of at least 4 members (excludes halogenated alkanes) is 9. The molecule has 1 heterocycles. The average Bonchev–Trinajstić information content (AvgIpc) is 2.87. The minimum Gasteiger partial charge on any atom is -0.466 e. The largest absolute Gasteiger partial charge is 0.466 e. The van der Waals surface area contributed by atoms with Crippen LogP contribution in [0.25, 0.3) is 0 Å². The highest BCUT2D eigenvalue weighted by atomic mass is 16.7. The van der Waals surface area contributed by atoms with Crippen LogP contribution in [0.3, 0.4) is 0 Å². The molecule has 8 nitrogen and oxygen atoms in total. The standard InChI is InChI=1S/C33H62N2O6/c1-9-10-11-12-13-14-15-16-17-18-20-26(31(2,3)4)29(37)34-22-19-24-39-27(36)21-23-35-30(38)28-32(5,6)25-40-33(7,8)41-28/h26,28H,9-25H2,1-8H3,(H,34,37)(H,35,38). The number of ether oxygens (including phenoxy) is 3. The van der Waals surface area contributed by atoms with Crippen LogP contribution < -0.4 is 10.6 Å². The number of esters is 1. The van der Waals surface area contributed by atoms with Gasteiger partial charge in [-0.15, -0.1) is 0 Å². The van der Waals surface area contributed by atoms with Crippen molar-refractivity contribution in [2.45, 2.75) is 151 Å². The van der Waals surface area contributed by atoms with Crippen LogP contribution in [0.2, 0.25) is 0 Å². The molecule has 2 atom stereocenters. The second-order valence-corrected chi connectivity index (χ2v) is 14.0. The van der Waals surface area contributed by atoms with Crippen LogP contribution in [-0.2, 0) is 28.6 Å². The Morgan fingerprint density at radius 3 is 2.02 bits per heavy atom. The zero-order valence-corrected chi connectivity index (χ0v) is 27.6. The number of carbonyl (C=O) groups is 3. The van der Waals surface area contributed by atoms with Crippen molar-refractivity contribution < 1.29 is 28.6 Å². The molecule has 1 aliphatic heterocycles. The van der Waals surface area contributed by atoms with E-state index >= 15 is 0 Å². The van der Waals surface area contributed by atoms with Gasteiger partial charge in [-0.3, -0.25) is 14.4 Å². The van der Waals surface area contributed by atoms with Crippen molar-refractivity contribution in [3.8, 4) is 0 Å². The molecule has 2 N–H and O–H groups in total. The number of amides is 2. The summed E-state index contributed by atoms with van der Waals surface area (Å²) in [5.74, 6) is -1.40.